The van der Waals surface area contributed by atoms with Crippen molar-refractivity contribution in [3.63, 3.8) is 0 Å². The summed E-state index contributed by atoms with van der Waals surface area (Å²) in [5, 5.41) is 22.3. The summed E-state index contributed by atoms with van der Waals surface area (Å²) in [6.45, 7) is 0.473. The van der Waals surface area contributed by atoms with Crippen molar-refractivity contribution >= 4 is 28.3 Å². The third-order valence-electron chi connectivity index (χ3n) is 4.54. The van der Waals surface area contributed by atoms with Gasteiger partial charge in [0.05, 0.1) is 19.9 Å². The number of ether oxygens (including phenoxy) is 1. The zero-order valence-corrected chi connectivity index (χ0v) is 15.6. The monoisotopic (exact) mass is 391 g/mol. The second-order valence-electron chi connectivity index (χ2n) is 6.20. The molecule has 0 aliphatic carbocycles. The Kier molecular flexibility index (Phi) is 3.91. The van der Waals surface area contributed by atoms with E-state index in [9.17, 15) is 0 Å². The highest BCUT2D eigenvalue weighted by Crippen LogP contribution is 2.24. The topological polar surface area (TPSA) is 83.0 Å². The van der Waals surface area contributed by atoms with Crippen LogP contribution in [0.2, 0.25) is 5.02 Å². The van der Waals surface area contributed by atoms with E-state index in [0.717, 1.165) is 22.4 Å². The van der Waals surface area contributed by atoms with Crippen LogP contribution in [-0.4, -0.2) is 41.9 Å². The van der Waals surface area contributed by atoms with Crippen LogP contribution in [0.4, 0.5) is 0 Å². The van der Waals surface area contributed by atoms with Gasteiger partial charge in [0.25, 0.3) is 0 Å². The van der Waals surface area contributed by atoms with Crippen molar-refractivity contribution in [3.05, 3.63) is 65.3 Å². The Morgan fingerprint density at radius 2 is 1.82 bits per heavy atom. The molecule has 0 amide bonds. The first kappa shape index (κ1) is 16.6. The molecule has 8 nitrogen and oxygen atoms in total. The Hall–Kier alpha value is -3.52. The molecule has 0 saturated carbocycles. The van der Waals surface area contributed by atoms with Gasteiger partial charge in [-0.25, -0.2) is 4.68 Å². The number of hydrogen-bond donors (Lipinski definition) is 0. The first-order valence-corrected chi connectivity index (χ1v) is 8.94. The van der Waals surface area contributed by atoms with Gasteiger partial charge in [-0.2, -0.15) is 9.61 Å². The zero-order valence-electron chi connectivity index (χ0n) is 14.8. The van der Waals surface area contributed by atoms with Crippen LogP contribution in [0, 0.1) is 0 Å². The number of fused-ring (bicyclic) bond motifs is 3. The average molecular weight is 392 g/mol. The van der Waals surface area contributed by atoms with Crippen LogP contribution < -0.4 is 4.74 Å². The van der Waals surface area contributed by atoms with E-state index >= 15 is 0 Å². The Bertz CT molecular complexity index is 1290. The lowest BCUT2D eigenvalue weighted by Gasteiger charge is -2.05. The summed E-state index contributed by atoms with van der Waals surface area (Å²) in [4.78, 5) is 0. The second kappa shape index (κ2) is 6.58. The molecule has 0 aliphatic rings. The Morgan fingerprint density at radius 3 is 2.61 bits per heavy atom. The molecule has 3 aromatic heterocycles. The molecular weight excluding hydrogens is 378 g/mol. The number of nitrogens with zero attached hydrogens (tertiary/aromatic N) is 7. The van der Waals surface area contributed by atoms with Gasteiger partial charge in [0.15, 0.2) is 5.82 Å². The first-order valence-electron chi connectivity index (χ1n) is 8.56. The standard InChI is InChI=1S/C19H14ClN7O/c1-28-14-8-6-12(7-9-14)18-23-24-19-17-16(10-21-27(18)19)22-25-26(17)11-13-4-2-3-5-15(13)20/h2-10H,11H2,1H3. The van der Waals surface area contributed by atoms with E-state index in [1.54, 1.807) is 22.5 Å². The molecule has 0 fully saturated rings. The fraction of sp³-hybridized carbons (Fsp3) is 0.105. The lowest BCUT2D eigenvalue weighted by atomic mass is 10.2. The number of rotatable bonds is 4. The highest BCUT2D eigenvalue weighted by Gasteiger charge is 2.17. The molecule has 9 heteroatoms. The van der Waals surface area contributed by atoms with Crippen LogP contribution in [0.3, 0.4) is 0 Å². The molecule has 0 aliphatic heterocycles. The molecule has 2 aromatic carbocycles. The van der Waals surface area contributed by atoms with Gasteiger partial charge in [0, 0.05) is 10.6 Å². The van der Waals surface area contributed by atoms with Crippen molar-refractivity contribution in [1.82, 2.24) is 34.8 Å². The molecule has 0 bridgehead atoms. The maximum Gasteiger partial charge on any atom is 0.205 e. The largest absolute Gasteiger partial charge is 0.497 e. The Morgan fingerprint density at radius 1 is 1.00 bits per heavy atom. The minimum Gasteiger partial charge on any atom is -0.497 e. The Balaban J connectivity index is 1.64. The number of aromatic nitrogens is 7. The third-order valence-corrected chi connectivity index (χ3v) is 4.90. The van der Waals surface area contributed by atoms with Crippen LogP contribution in [-0.2, 0) is 6.54 Å². The lowest BCUT2D eigenvalue weighted by Crippen LogP contribution is -2.04. The van der Waals surface area contributed by atoms with Gasteiger partial charge in [0.1, 0.15) is 16.8 Å². The van der Waals surface area contributed by atoms with Crippen molar-refractivity contribution in [2.45, 2.75) is 6.54 Å². The molecule has 0 unspecified atom stereocenters. The van der Waals surface area contributed by atoms with E-state index in [4.69, 9.17) is 16.3 Å². The zero-order chi connectivity index (χ0) is 19.1. The molecule has 5 rings (SSSR count). The summed E-state index contributed by atoms with van der Waals surface area (Å²) < 4.78 is 8.67. The van der Waals surface area contributed by atoms with Gasteiger partial charge in [-0.15, -0.1) is 15.3 Å². The quantitative estimate of drug-likeness (QED) is 0.467. The maximum absolute atomic E-state index is 6.30. The van der Waals surface area contributed by atoms with E-state index < -0.39 is 0 Å². The highest BCUT2D eigenvalue weighted by atomic mass is 35.5. The highest BCUT2D eigenvalue weighted by molar-refractivity contribution is 6.31. The predicted molar refractivity (Wildman–Crippen MR) is 104 cm³/mol. The number of benzene rings is 2. The van der Waals surface area contributed by atoms with E-state index in [-0.39, 0.29) is 0 Å². The van der Waals surface area contributed by atoms with Gasteiger partial charge in [-0.3, -0.25) is 0 Å². The fourth-order valence-corrected chi connectivity index (χ4v) is 3.31. The smallest absolute Gasteiger partial charge is 0.205 e. The summed E-state index contributed by atoms with van der Waals surface area (Å²) in [6.07, 6.45) is 1.66. The second-order valence-corrected chi connectivity index (χ2v) is 6.61. The molecule has 138 valence electrons. The van der Waals surface area contributed by atoms with Crippen LogP contribution in [0.1, 0.15) is 5.56 Å². The minimum absolute atomic E-state index is 0.473. The van der Waals surface area contributed by atoms with E-state index in [1.807, 2.05) is 48.5 Å². The number of halogens is 1. The van der Waals surface area contributed by atoms with Gasteiger partial charge in [0.2, 0.25) is 5.65 Å². The van der Waals surface area contributed by atoms with Crippen molar-refractivity contribution in [2.24, 2.45) is 0 Å². The van der Waals surface area contributed by atoms with Crippen molar-refractivity contribution < 1.29 is 4.74 Å². The van der Waals surface area contributed by atoms with Crippen LogP contribution >= 0.6 is 11.6 Å². The molecule has 0 radical (unpaired) electrons. The minimum atomic E-state index is 0.473. The van der Waals surface area contributed by atoms with E-state index in [1.165, 1.54) is 0 Å². The molecule has 0 atom stereocenters. The van der Waals surface area contributed by atoms with Gasteiger partial charge in [-0.05, 0) is 35.9 Å². The summed E-state index contributed by atoms with van der Waals surface area (Å²) in [5.74, 6) is 1.40. The molecule has 0 spiro atoms. The van der Waals surface area contributed by atoms with Crippen molar-refractivity contribution in [1.29, 1.82) is 0 Å². The molecule has 28 heavy (non-hydrogen) atoms. The predicted octanol–water partition coefficient (Wildman–Crippen LogP) is 3.25. The van der Waals surface area contributed by atoms with Crippen LogP contribution in [0.15, 0.2) is 54.7 Å². The van der Waals surface area contributed by atoms with Gasteiger partial charge < -0.3 is 4.74 Å². The van der Waals surface area contributed by atoms with Crippen molar-refractivity contribution in [2.75, 3.05) is 7.11 Å². The average Bonchev–Trinajstić information content (AvgIpc) is 3.34. The fourth-order valence-electron chi connectivity index (χ4n) is 3.11. The van der Waals surface area contributed by atoms with Crippen molar-refractivity contribution in [3.8, 4) is 17.1 Å². The van der Waals surface area contributed by atoms with Crippen LogP contribution in [0.25, 0.3) is 28.1 Å². The van der Waals surface area contributed by atoms with E-state index in [0.29, 0.717) is 28.6 Å². The lowest BCUT2D eigenvalue weighted by molar-refractivity contribution is 0.415. The molecule has 0 N–H and O–H groups in total. The number of hydrogen-bond acceptors (Lipinski definition) is 6. The van der Waals surface area contributed by atoms with Gasteiger partial charge in [-0.1, -0.05) is 35.0 Å². The molecule has 3 heterocycles. The molecule has 0 saturated heterocycles. The summed E-state index contributed by atoms with van der Waals surface area (Å²) in [7, 11) is 1.63. The number of methoxy groups -OCH3 is 1. The Labute approximate surface area is 164 Å². The van der Waals surface area contributed by atoms with E-state index in [2.05, 4.69) is 25.6 Å². The SMILES string of the molecule is COc1ccc(-c2nnc3c4c(cnn23)nnn4Cc2ccccc2Cl)cc1. The first-order chi connectivity index (χ1) is 13.7. The van der Waals surface area contributed by atoms with Crippen LogP contribution in [0.5, 0.6) is 5.75 Å². The maximum atomic E-state index is 6.30. The van der Waals surface area contributed by atoms with Gasteiger partial charge >= 0.3 is 0 Å². The summed E-state index contributed by atoms with van der Waals surface area (Å²) in [6, 6.07) is 15.2. The molecule has 5 aromatic rings. The summed E-state index contributed by atoms with van der Waals surface area (Å²) in [5.41, 5.74) is 3.81. The molecular formula is C19H14ClN7O. The third kappa shape index (κ3) is 2.66. The summed E-state index contributed by atoms with van der Waals surface area (Å²) >= 11 is 6.30. The normalized spacial score (nSPS) is 11.4.